The summed E-state index contributed by atoms with van der Waals surface area (Å²) < 4.78 is 10.5. The van der Waals surface area contributed by atoms with E-state index >= 15 is 0 Å². The maximum atomic E-state index is 5.50. The molecule has 1 aliphatic heterocycles. The van der Waals surface area contributed by atoms with E-state index < -0.39 is 0 Å². The molecule has 1 unspecified atom stereocenters. The lowest BCUT2D eigenvalue weighted by molar-refractivity contribution is -0.00446. The van der Waals surface area contributed by atoms with Crippen LogP contribution in [0, 0.1) is 0 Å². The van der Waals surface area contributed by atoms with Gasteiger partial charge in [-0.3, -0.25) is 4.90 Å². The highest BCUT2D eigenvalue weighted by molar-refractivity contribution is 4.77. The smallest absolute Gasteiger partial charge is 0.0992 e. The number of rotatable bonds is 8. The van der Waals surface area contributed by atoms with Crippen LogP contribution >= 0.6 is 0 Å². The Morgan fingerprint density at radius 3 is 3.00 bits per heavy atom. The van der Waals surface area contributed by atoms with Crippen LogP contribution in [0.4, 0.5) is 0 Å². The van der Waals surface area contributed by atoms with E-state index in [2.05, 4.69) is 17.1 Å². The number of hydrogen-bond acceptors (Lipinski definition) is 4. The first kappa shape index (κ1) is 13.9. The fourth-order valence-electron chi connectivity index (χ4n) is 2.11. The molecule has 0 spiro atoms. The van der Waals surface area contributed by atoms with Crippen molar-refractivity contribution in [2.75, 3.05) is 46.7 Å². The number of nitrogens with zero attached hydrogens (tertiary/aromatic N) is 1. The van der Waals surface area contributed by atoms with Gasteiger partial charge in [-0.1, -0.05) is 6.42 Å². The number of piperidine rings is 1. The average Bonchev–Trinajstić information content (AvgIpc) is 2.33. The lowest BCUT2D eigenvalue weighted by Crippen LogP contribution is -2.46. The van der Waals surface area contributed by atoms with Gasteiger partial charge in [-0.2, -0.15) is 0 Å². The summed E-state index contributed by atoms with van der Waals surface area (Å²) in [5.41, 5.74) is 0. The van der Waals surface area contributed by atoms with Crippen molar-refractivity contribution in [1.29, 1.82) is 0 Å². The zero-order valence-corrected chi connectivity index (χ0v) is 10.7. The van der Waals surface area contributed by atoms with Crippen LogP contribution in [0.15, 0.2) is 0 Å². The molecule has 0 radical (unpaired) electrons. The van der Waals surface area contributed by atoms with Gasteiger partial charge in [-0.05, 0) is 19.8 Å². The largest absolute Gasteiger partial charge is 0.383 e. The first-order chi connectivity index (χ1) is 7.88. The zero-order valence-electron chi connectivity index (χ0n) is 10.7. The van der Waals surface area contributed by atoms with Crippen LogP contribution in [0.2, 0.25) is 0 Å². The van der Waals surface area contributed by atoms with Gasteiger partial charge in [0.25, 0.3) is 0 Å². The highest BCUT2D eigenvalue weighted by atomic mass is 16.5. The molecule has 96 valence electrons. The van der Waals surface area contributed by atoms with E-state index in [1.807, 2.05) is 0 Å². The summed E-state index contributed by atoms with van der Waals surface area (Å²) in [7, 11) is 1.74. The van der Waals surface area contributed by atoms with Gasteiger partial charge in [0.1, 0.15) is 0 Å². The Bertz CT molecular complexity index is 167. The van der Waals surface area contributed by atoms with Crippen molar-refractivity contribution in [1.82, 2.24) is 10.2 Å². The Balaban J connectivity index is 2.18. The van der Waals surface area contributed by atoms with Crippen LogP contribution in [-0.2, 0) is 9.47 Å². The predicted octanol–water partition coefficient (Wildman–Crippen LogP) is 1.07. The van der Waals surface area contributed by atoms with Crippen molar-refractivity contribution in [2.24, 2.45) is 0 Å². The molecule has 0 aromatic rings. The Morgan fingerprint density at radius 2 is 2.25 bits per heavy atom. The highest BCUT2D eigenvalue weighted by Crippen LogP contribution is 2.15. The van der Waals surface area contributed by atoms with E-state index in [1.54, 1.807) is 7.11 Å². The van der Waals surface area contributed by atoms with Crippen LogP contribution in [0.1, 0.15) is 26.2 Å². The minimum Gasteiger partial charge on any atom is -0.383 e. The molecular formula is C12H26N2O2. The Hall–Kier alpha value is -0.160. The molecule has 1 rings (SSSR count). The third kappa shape index (κ3) is 5.25. The number of methoxy groups -OCH3 is 1. The summed E-state index contributed by atoms with van der Waals surface area (Å²) in [6.07, 6.45) is 3.94. The molecule has 4 nitrogen and oxygen atoms in total. The van der Waals surface area contributed by atoms with Gasteiger partial charge in [0.05, 0.1) is 13.3 Å². The highest BCUT2D eigenvalue weighted by Gasteiger charge is 2.21. The van der Waals surface area contributed by atoms with Gasteiger partial charge >= 0.3 is 0 Å². The van der Waals surface area contributed by atoms with Crippen LogP contribution in [0.3, 0.4) is 0 Å². The minimum atomic E-state index is 0.636. The van der Waals surface area contributed by atoms with Crippen LogP contribution in [0.25, 0.3) is 0 Å². The molecule has 0 aliphatic carbocycles. The van der Waals surface area contributed by atoms with E-state index in [9.17, 15) is 0 Å². The minimum absolute atomic E-state index is 0.636. The summed E-state index contributed by atoms with van der Waals surface area (Å²) in [4.78, 5) is 2.45. The standard InChI is InChI=1S/C12H26N2O2/c1-3-16-11-14-8-5-4-6-12(14)10-13-7-9-15-2/h12-13H,3-11H2,1-2H3. The SMILES string of the molecule is CCOCN1CCCCC1CNCCOC. The van der Waals surface area contributed by atoms with Gasteiger partial charge in [-0.15, -0.1) is 0 Å². The third-order valence-electron chi connectivity index (χ3n) is 3.07. The van der Waals surface area contributed by atoms with Crippen molar-refractivity contribution in [3.8, 4) is 0 Å². The molecule has 0 bridgehead atoms. The molecule has 0 aromatic heterocycles. The molecule has 0 aromatic carbocycles. The van der Waals surface area contributed by atoms with E-state index in [1.165, 1.54) is 25.8 Å². The van der Waals surface area contributed by atoms with Crippen molar-refractivity contribution >= 4 is 0 Å². The number of nitrogens with one attached hydrogen (secondary N) is 1. The molecule has 1 fully saturated rings. The van der Waals surface area contributed by atoms with Crippen LogP contribution < -0.4 is 5.32 Å². The lowest BCUT2D eigenvalue weighted by atomic mass is 10.0. The second-order valence-electron chi connectivity index (χ2n) is 4.28. The van der Waals surface area contributed by atoms with Gasteiger partial charge < -0.3 is 14.8 Å². The summed E-state index contributed by atoms with van der Waals surface area (Å²) in [6.45, 7) is 7.60. The molecule has 1 N–H and O–H groups in total. The van der Waals surface area contributed by atoms with Gasteiger partial charge in [-0.25, -0.2) is 0 Å². The van der Waals surface area contributed by atoms with Gasteiger partial charge in [0, 0.05) is 39.4 Å². The maximum Gasteiger partial charge on any atom is 0.0992 e. The van der Waals surface area contributed by atoms with E-state index in [4.69, 9.17) is 9.47 Å². The van der Waals surface area contributed by atoms with Crippen molar-refractivity contribution < 1.29 is 9.47 Å². The summed E-state index contributed by atoms with van der Waals surface area (Å²) in [5.74, 6) is 0. The summed E-state index contributed by atoms with van der Waals surface area (Å²) in [6, 6.07) is 0.636. The third-order valence-corrected chi connectivity index (χ3v) is 3.07. The number of ether oxygens (including phenoxy) is 2. The van der Waals surface area contributed by atoms with Crippen molar-refractivity contribution in [3.05, 3.63) is 0 Å². The Kier molecular flexibility index (Phi) is 7.76. The topological polar surface area (TPSA) is 33.7 Å². The predicted molar refractivity (Wildman–Crippen MR) is 65.6 cm³/mol. The first-order valence-electron chi connectivity index (χ1n) is 6.40. The van der Waals surface area contributed by atoms with Gasteiger partial charge in [0.15, 0.2) is 0 Å². The van der Waals surface area contributed by atoms with E-state index in [0.717, 1.165) is 33.0 Å². The quantitative estimate of drug-likeness (QED) is 0.633. The van der Waals surface area contributed by atoms with Gasteiger partial charge in [0.2, 0.25) is 0 Å². The molecule has 1 saturated heterocycles. The van der Waals surface area contributed by atoms with Crippen LogP contribution in [-0.4, -0.2) is 57.6 Å². The van der Waals surface area contributed by atoms with Crippen LogP contribution in [0.5, 0.6) is 0 Å². The molecule has 0 saturated carbocycles. The molecule has 1 atom stereocenters. The fraction of sp³-hybridized carbons (Fsp3) is 1.00. The average molecular weight is 230 g/mol. The normalized spacial score (nSPS) is 22.5. The second-order valence-corrected chi connectivity index (χ2v) is 4.28. The van der Waals surface area contributed by atoms with E-state index in [-0.39, 0.29) is 0 Å². The number of likely N-dealkylation sites (tertiary alicyclic amines) is 1. The fourth-order valence-corrected chi connectivity index (χ4v) is 2.11. The van der Waals surface area contributed by atoms with Crippen molar-refractivity contribution in [3.63, 3.8) is 0 Å². The molecular weight excluding hydrogens is 204 g/mol. The Labute approximate surface area is 99.3 Å². The molecule has 0 amide bonds. The molecule has 16 heavy (non-hydrogen) atoms. The first-order valence-corrected chi connectivity index (χ1v) is 6.40. The number of hydrogen-bond donors (Lipinski definition) is 1. The molecule has 1 heterocycles. The molecule has 1 aliphatic rings. The van der Waals surface area contributed by atoms with E-state index in [0.29, 0.717) is 6.04 Å². The summed E-state index contributed by atoms with van der Waals surface area (Å²) in [5, 5.41) is 3.44. The second kappa shape index (κ2) is 8.93. The lowest BCUT2D eigenvalue weighted by Gasteiger charge is -2.35. The van der Waals surface area contributed by atoms with Crippen molar-refractivity contribution in [2.45, 2.75) is 32.2 Å². The monoisotopic (exact) mass is 230 g/mol. The Morgan fingerprint density at radius 1 is 1.38 bits per heavy atom. The molecule has 4 heteroatoms. The maximum absolute atomic E-state index is 5.50. The summed E-state index contributed by atoms with van der Waals surface area (Å²) >= 11 is 0. The zero-order chi connectivity index (χ0) is 11.6.